The lowest BCUT2D eigenvalue weighted by molar-refractivity contribution is -0.156. The normalized spacial score (nSPS) is 18.5. The minimum atomic E-state index is -1.01. The summed E-state index contributed by atoms with van der Waals surface area (Å²) in [7, 11) is 3.41. The van der Waals surface area contributed by atoms with E-state index in [1.54, 1.807) is 24.0 Å². The third-order valence-electron chi connectivity index (χ3n) is 8.61. The van der Waals surface area contributed by atoms with Gasteiger partial charge < -0.3 is 34.3 Å². The monoisotopic (exact) mass is 648 g/mol. The number of esters is 1. The molecule has 1 unspecified atom stereocenters. The van der Waals surface area contributed by atoms with Crippen LogP contribution in [0.2, 0.25) is 0 Å². The summed E-state index contributed by atoms with van der Waals surface area (Å²) >= 11 is 0. The summed E-state index contributed by atoms with van der Waals surface area (Å²) in [5.41, 5.74) is 1.29. The van der Waals surface area contributed by atoms with Gasteiger partial charge in [0.15, 0.2) is 18.1 Å². The van der Waals surface area contributed by atoms with E-state index in [4.69, 9.17) is 14.2 Å². The highest BCUT2D eigenvalue weighted by atomic mass is 16.5. The van der Waals surface area contributed by atoms with Crippen molar-refractivity contribution in [3.05, 3.63) is 59.8 Å². The van der Waals surface area contributed by atoms with Crippen LogP contribution < -0.4 is 20.1 Å². The van der Waals surface area contributed by atoms with Crippen LogP contribution >= 0.6 is 0 Å². The number of carbonyl (C=O) groups excluding carboxylic acids is 4. The molecule has 3 amide bonds. The van der Waals surface area contributed by atoms with E-state index in [0.717, 1.165) is 22.9 Å². The van der Waals surface area contributed by atoms with Crippen molar-refractivity contribution in [3.8, 4) is 11.5 Å². The van der Waals surface area contributed by atoms with E-state index in [0.29, 0.717) is 48.8 Å². The van der Waals surface area contributed by atoms with Gasteiger partial charge in [-0.25, -0.2) is 0 Å². The Kier molecular flexibility index (Phi) is 12.3. The molecule has 11 heteroatoms. The van der Waals surface area contributed by atoms with Crippen molar-refractivity contribution in [2.45, 2.75) is 52.9 Å². The number of amides is 3. The maximum atomic E-state index is 13.8. The molecular formula is C36H48N4O7. The van der Waals surface area contributed by atoms with E-state index in [1.807, 2.05) is 48.1 Å². The molecule has 254 valence electrons. The Labute approximate surface area is 276 Å². The van der Waals surface area contributed by atoms with Gasteiger partial charge in [0.1, 0.15) is 0 Å². The van der Waals surface area contributed by atoms with Crippen molar-refractivity contribution in [3.63, 3.8) is 0 Å². The number of para-hydroxylation sites is 1. The molecule has 5 rings (SSSR count). The topological polar surface area (TPSA) is 128 Å². The lowest BCUT2D eigenvalue weighted by Crippen LogP contribution is -2.46. The van der Waals surface area contributed by atoms with E-state index in [1.165, 1.54) is 7.11 Å². The number of carbonyl (C=O) groups is 4. The number of aromatic nitrogens is 1. The third kappa shape index (κ3) is 9.05. The first-order valence-electron chi connectivity index (χ1n) is 16.4. The summed E-state index contributed by atoms with van der Waals surface area (Å²) in [6.45, 7) is 6.80. The van der Waals surface area contributed by atoms with Crippen LogP contribution in [0, 0.1) is 11.3 Å². The van der Waals surface area contributed by atoms with E-state index in [9.17, 15) is 19.2 Å². The van der Waals surface area contributed by atoms with E-state index in [-0.39, 0.29) is 63.0 Å². The van der Waals surface area contributed by atoms with Gasteiger partial charge in [0.2, 0.25) is 5.91 Å². The summed E-state index contributed by atoms with van der Waals surface area (Å²) < 4.78 is 18.9. The van der Waals surface area contributed by atoms with Crippen molar-refractivity contribution in [2.24, 2.45) is 18.4 Å². The summed E-state index contributed by atoms with van der Waals surface area (Å²) in [5.74, 6) is 0.0258. The van der Waals surface area contributed by atoms with E-state index < -0.39 is 5.41 Å². The largest absolute Gasteiger partial charge is 0.493 e. The number of hydrogen-bond acceptors (Lipinski definition) is 7. The number of hydrogen-bond donors (Lipinski definition) is 2. The zero-order valence-electron chi connectivity index (χ0n) is 28.2. The number of ether oxygens (including phenoxy) is 3. The molecule has 2 N–H and O–H groups in total. The number of aryl methyl sites for hydroxylation is 1. The molecule has 3 aromatic rings. The van der Waals surface area contributed by atoms with Gasteiger partial charge in [-0.15, -0.1) is 0 Å². The highest BCUT2D eigenvalue weighted by Crippen LogP contribution is 2.35. The molecule has 0 spiro atoms. The summed E-state index contributed by atoms with van der Waals surface area (Å²) in [4.78, 5) is 55.1. The number of fused-ring (bicyclic) bond motifs is 17. The van der Waals surface area contributed by atoms with Crippen molar-refractivity contribution in [2.75, 3.05) is 46.5 Å². The molecule has 0 saturated heterocycles. The van der Waals surface area contributed by atoms with Gasteiger partial charge in [-0.3, -0.25) is 19.2 Å². The third-order valence-corrected chi connectivity index (χ3v) is 8.61. The second kappa shape index (κ2) is 16.3. The van der Waals surface area contributed by atoms with Gasteiger partial charge in [-0.2, -0.15) is 0 Å². The molecule has 1 atom stereocenters. The van der Waals surface area contributed by atoms with Crippen molar-refractivity contribution < 1.29 is 33.4 Å². The molecular weight excluding hydrogens is 600 g/mol. The Bertz CT molecular complexity index is 1570. The Morgan fingerprint density at radius 3 is 2.60 bits per heavy atom. The SMILES string of the molecule is CCOC(=O)C1(CCC(C)C)CNC(=O)CCCN(C(=O)c2cn(C)c3ccccc23)CCNC(=O)COc2ccc(cc2OC)C1. The molecule has 11 nitrogen and oxygen atoms in total. The minimum Gasteiger partial charge on any atom is -0.493 e. The lowest BCUT2D eigenvalue weighted by atomic mass is 9.76. The Balaban J connectivity index is 1.63. The zero-order valence-corrected chi connectivity index (χ0v) is 28.2. The van der Waals surface area contributed by atoms with Crippen LogP contribution in [0.25, 0.3) is 10.9 Å². The molecule has 2 aliphatic rings. The van der Waals surface area contributed by atoms with Crippen LogP contribution in [0.1, 0.15) is 62.4 Å². The second-order valence-corrected chi connectivity index (χ2v) is 12.6. The first-order valence-corrected chi connectivity index (χ1v) is 16.4. The first kappa shape index (κ1) is 35.3. The molecule has 0 saturated carbocycles. The number of benzene rings is 2. The fourth-order valence-electron chi connectivity index (χ4n) is 5.98. The molecule has 1 aromatic heterocycles. The maximum Gasteiger partial charge on any atom is 0.314 e. The Hall–Kier alpha value is -4.54. The number of nitrogens with zero attached hydrogens (tertiary/aromatic N) is 2. The lowest BCUT2D eigenvalue weighted by Gasteiger charge is -2.33. The number of nitrogens with one attached hydrogen (secondary N) is 2. The summed E-state index contributed by atoms with van der Waals surface area (Å²) in [6.07, 6.45) is 3.95. The van der Waals surface area contributed by atoms with Gasteiger partial charge >= 0.3 is 5.97 Å². The molecule has 0 fully saturated rings. The van der Waals surface area contributed by atoms with Crippen LogP contribution in [-0.4, -0.2) is 79.7 Å². The Morgan fingerprint density at radius 1 is 1.06 bits per heavy atom. The molecule has 2 bridgehead atoms. The maximum absolute atomic E-state index is 13.8. The number of rotatable bonds is 7. The Morgan fingerprint density at radius 2 is 1.85 bits per heavy atom. The molecule has 47 heavy (non-hydrogen) atoms. The summed E-state index contributed by atoms with van der Waals surface area (Å²) in [5, 5.41) is 6.69. The average Bonchev–Trinajstić information content (AvgIpc) is 3.40. The quantitative estimate of drug-likeness (QED) is 0.290. The van der Waals surface area contributed by atoms with Crippen molar-refractivity contribution in [1.29, 1.82) is 0 Å². The minimum absolute atomic E-state index is 0.106. The zero-order chi connectivity index (χ0) is 34.0. The van der Waals surface area contributed by atoms with Gasteiger partial charge in [0, 0.05) is 56.7 Å². The van der Waals surface area contributed by atoms with Gasteiger partial charge in [-0.1, -0.05) is 38.1 Å². The predicted molar refractivity (Wildman–Crippen MR) is 179 cm³/mol. The molecule has 2 aromatic carbocycles. The van der Waals surface area contributed by atoms with Crippen LogP contribution in [-0.2, 0) is 32.6 Å². The number of methoxy groups -OCH3 is 1. The van der Waals surface area contributed by atoms with Gasteiger partial charge in [0.25, 0.3) is 11.8 Å². The fraction of sp³-hybridized carbons (Fsp3) is 0.500. The van der Waals surface area contributed by atoms with Crippen LogP contribution in [0.4, 0.5) is 0 Å². The van der Waals surface area contributed by atoms with Crippen molar-refractivity contribution in [1.82, 2.24) is 20.1 Å². The van der Waals surface area contributed by atoms with Gasteiger partial charge in [-0.05, 0) is 62.3 Å². The first-order chi connectivity index (χ1) is 22.6. The van der Waals surface area contributed by atoms with E-state index >= 15 is 0 Å². The standard InChI is InChI=1S/C36H48N4O7/c1-6-46-35(44)36(16-15-25(2)3)21-26-13-14-30(31(20-26)45-5)47-23-33(42)37-17-19-40(18-9-12-32(41)38-24-36)34(43)28-22-39(4)29-11-8-7-10-27(28)29/h7-8,10-11,13-14,20,22,25H,6,9,12,15-19,21,23-24H2,1-5H3,(H,37,42)(H,38,41). The molecule has 3 heterocycles. The highest BCUT2D eigenvalue weighted by molar-refractivity contribution is 6.07. The van der Waals surface area contributed by atoms with Crippen LogP contribution in [0.5, 0.6) is 11.5 Å². The van der Waals surface area contributed by atoms with E-state index in [2.05, 4.69) is 24.5 Å². The average molecular weight is 649 g/mol. The van der Waals surface area contributed by atoms with Crippen LogP contribution in [0.3, 0.4) is 0 Å². The van der Waals surface area contributed by atoms with Crippen molar-refractivity contribution >= 4 is 34.6 Å². The molecule has 0 aliphatic carbocycles. The highest BCUT2D eigenvalue weighted by Gasteiger charge is 2.40. The smallest absolute Gasteiger partial charge is 0.314 e. The van der Waals surface area contributed by atoms with Crippen LogP contribution in [0.15, 0.2) is 48.7 Å². The summed E-state index contributed by atoms with van der Waals surface area (Å²) in [6, 6.07) is 13.0. The molecule has 0 radical (unpaired) electrons. The second-order valence-electron chi connectivity index (χ2n) is 12.6. The fourth-order valence-corrected chi connectivity index (χ4v) is 5.98. The predicted octanol–water partition coefficient (Wildman–Crippen LogP) is 4.26. The molecule has 2 aliphatic heterocycles. The van der Waals surface area contributed by atoms with Gasteiger partial charge in [0.05, 0.1) is 24.7 Å².